The van der Waals surface area contributed by atoms with Gasteiger partial charge in [-0.05, 0) is 85.0 Å². The van der Waals surface area contributed by atoms with Crippen molar-refractivity contribution >= 4 is 22.8 Å². The van der Waals surface area contributed by atoms with Crippen molar-refractivity contribution in [1.29, 1.82) is 0 Å². The second-order valence-electron chi connectivity index (χ2n) is 11.0. The Bertz CT molecular complexity index is 1940. The molecule has 0 aliphatic carbocycles. The van der Waals surface area contributed by atoms with Gasteiger partial charge in [-0.25, -0.2) is 18.2 Å². The number of primary amides is 1. The molecule has 7 nitrogen and oxygen atoms in total. The predicted molar refractivity (Wildman–Crippen MR) is 158 cm³/mol. The van der Waals surface area contributed by atoms with Gasteiger partial charge in [-0.1, -0.05) is 12.1 Å². The maximum atomic E-state index is 14.3. The number of alkyl halides is 3. The zero-order valence-electron chi connectivity index (χ0n) is 24.5. The maximum Gasteiger partial charge on any atom is 0.391 e. The smallest absolute Gasteiger partial charge is 0.366 e. The standard InChI is InChI=1S/C33H27F6N5O2/c1-17-8-26-28(9-18(17)2)44(16-42-26)29(15-33(37,38)39)32(46)43-27(12-19-10-21(34)14-22(35)11-19)30-23(4-3-7-41-30)20-5-6-25(36)24(13-20)31(40)45/h3-11,13-14,16,27,29H,12,15H2,1-2H3,(H2,40,45)(H,43,46). The molecule has 0 saturated carbocycles. The van der Waals surface area contributed by atoms with E-state index in [1.807, 2.05) is 6.92 Å². The molecule has 0 aliphatic heterocycles. The van der Waals surface area contributed by atoms with Crippen molar-refractivity contribution < 1.29 is 35.9 Å². The van der Waals surface area contributed by atoms with Crippen LogP contribution in [-0.2, 0) is 11.2 Å². The monoisotopic (exact) mass is 639 g/mol. The van der Waals surface area contributed by atoms with E-state index in [4.69, 9.17) is 5.73 Å². The normalized spacial score (nSPS) is 13.0. The van der Waals surface area contributed by atoms with Gasteiger partial charge in [-0.3, -0.25) is 14.6 Å². The van der Waals surface area contributed by atoms with Crippen molar-refractivity contribution in [3.63, 3.8) is 0 Å². The number of nitrogens with one attached hydrogen (secondary N) is 1. The van der Waals surface area contributed by atoms with Gasteiger partial charge in [0.05, 0.1) is 41.1 Å². The van der Waals surface area contributed by atoms with Crippen molar-refractivity contribution in [2.24, 2.45) is 5.73 Å². The lowest BCUT2D eigenvalue weighted by molar-refractivity contribution is -0.152. The van der Waals surface area contributed by atoms with E-state index in [1.54, 1.807) is 19.1 Å². The van der Waals surface area contributed by atoms with Crippen molar-refractivity contribution in [1.82, 2.24) is 19.9 Å². The number of amides is 2. The van der Waals surface area contributed by atoms with E-state index in [9.17, 15) is 35.9 Å². The zero-order chi connectivity index (χ0) is 33.3. The number of carbonyl (C=O) groups is 2. The fourth-order valence-electron chi connectivity index (χ4n) is 5.34. The Hall–Kier alpha value is -5.20. The highest BCUT2D eigenvalue weighted by molar-refractivity contribution is 5.94. The average Bonchev–Trinajstić information content (AvgIpc) is 3.37. The zero-order valence-corrected chi connectivity index (χ0v) is 24.5. The van der Waals surface area contributed by atoms with Gasteiger partial charge in [0.1, 0.15) is 23.5 Å². The molecule has 3 aromatic carbocycles. The van der Waals surface area contributed by atoms with Crippen LogP contribution in [0.25, 0.3) is 22.2 Å². The summed E-state index contributed by atoms with van der Waals surface area (Å²) in [6.45, 7) is 3.60. The molecule has 2 unspecified atom stereocenters. The second-order valence-corrected chi connectivity index (χ2v) is 11.0. The molecule has 2 atom stereocenters. The van der Waals surface area contributed by atoms with E-state index in [2.05, 4.69) is 15.3 Å². The minimum atomic E-state index is -4.77. The molecular weight excluding hydrogens is 612 g/mol. The molecule has 0 bridgehead atoms. The first-order chi connectivity index (χ1) is 21.7. The largest absolute Gasteiger partial charge is 0.391 e. The van der Waals surface area contributed by atoms with Gasteiger partial charge in [-0.15, -0.1) is 0 Å². The molecule has 13 heteroatoms. The van der Waals surface area contributed by atoms with Crippen LogP contribution >= 0.6 is 0 Å². The number of halogens is 6. The Balaban J connectivity index is 1.62. The van der Waals surface area contributed by atoms with Crippen LogP contribution in [-0.4, -0.2) is 32.5 Å². The lowest BCUT2D eigenvalue weighted by Gasteiger charge is -2.26. The number of nitrogens with two attached hydrogens (primary N) is 1. The van der Waals surface area contributed by atoms with Crippen molar-refractivity contribution in [3.8, 4) is 11.1 Å². The number of rotatable bonds is 9. The molecular formula is C33H27F6N5O2. The van der Waals surface area contributed by atoms with Crippen LogP contribution in [0.15, 0.2) is 73.2 Å². The molecule has 5 rings (SSSR count). The minimum absolute atomic E-state index is 0.0721. The summed E-state index contributed by atoms with van der Waals surface area (Å²) in [5.74, 6) is -4.80. The highest BCUT2D eigenvalue weighted by atomic mass is 19.4. The summed E-state index contributed by atoms with van der Waals surface area (Å²) in [5, 5.41) is 2.62. The van der Waals surface area contributed by atoms with Crippen LogP contribution in [0.1, 0.15) is 51.2 Å². The van der Waals surface area contributed by atoms with Gasteiger partial charge in [-0.2, -0.15) is 13.2 Å². The van der Waals surface area contributed by atoms with E-state index in [0.717, 1.165) is 40.2 Å². The van der Waals surface area contributed by atoms with Gasteiger partial charge < -0.3 is 15.6 Å². The van der Waals surface area contributed by atoms with Crippen LogP contribution in [0.2, 0.25) is 0 Å². The predicted octanol–water partition coefficient (Wildman–Crippen LogP) is 6.83. The summed E-state index contributed by atoms with van der Waals surface area (Å²) in [7, 11) is 0. The molecule has 0 fully saturated rings. The Morgan fingerprint density at radius 2 is 1.63 bits per heavy atom. The van der Waals surface area contributed by atoms with E-state index in [0.29, 0.717) is 17.1 Å². The lowest BCUT2D eigenvalue weighted by atomic mass is 9.94. The van der Waals surface area contributed by atoms with Gasteiger partial charge in [0.2, 0.25) is 5.91 Å². The van der Waals surface area contributed by atoms with Crippen LogP contribution in [0.3, 0.4) is 0 Å². The SMILES string of the molecule is Cc1cc2ncn(C(CC(F)(F)F)C(=O)NC(Cc3cc(F)cc(F)c3)c3ncccc3-c3ccc(F)c(C(N)=O)c3)c2cc1C. The second kappa shape index (κ2) is 12.7. The summed E-state index contributed by atoms with van der Waals surface area (Å²) in [5.41, 5.74) is 7.89. The fraction of sp³-hybridized carbons (Fsp3) is 0.212. The molecule has 0 saturated heterocycles. The fourth-order valence-corrected chi connectivity index (χ4v) is 5.34. The van der Waals surface area contributed by atoms with Crippen LogP contribution in [0.4, 0.5) is 26.3 Å². The highest BCUT2D eigenvalue weighted by Gasteiger charge is 2.38. The molecule has 238 valence electrons. The number of carbonyl (C=O) groups excluding carboxylic acids is 2. The molecule has 2 amide bonds. The summed E-state index contributed by atoms with van der Waals surface area (Å²) in [4.78, 5) is 34.3. The number of hydrogen-bond donors (Lipinski definition) is 2. The van der Waals surface area contributed by atoms with E-state index >= 15 is 0 Å². The van der Waals surface area contributed by atoms with Crippen molar-refractivity contribution in [3.05, 3.63) is 119 Å². The van der Waals surface area contributed by atoms with Crippen LogP contribution in [0, 0.1) is 31.3 Å². The number of hydrogen-bond acceptors (Lipinski definition) is 4. The van der Waals surface area contributed by atoms with Crippen LogP contribution < -0.4 is 11.1 Å². The number of benzene rings is 3. The number of fused-ring (bicyclic) bond motifs is 1. The Morgan fingerprint density at radius 3 is 2.30 bits per heavy atom. The third-order valence-corrected chi connectivity index (χ3v) is 7.64. The molecule has 46 heavy (non-hydrogen) atoms. The van der Waals surface area contributed by atoms with Gasteiger partial charge in [0, 0.05) is 17.8 Å². The van der Waals surface area contributed by atoms with E-state index in [-0.39, 0.29) is 28.8 Å². The lowest BCUT2D eigenvalue weighted by Crippen LogP contribution is -2.38. The average molecular weight is 640 g/mol. The van der Waals surface area contributed by atoms with Crippen molar-refractivity contribution in [2.45, 2.75) is 44.9 Å². The molecule has 0 spiro atoms. The molecule has 2 aromatic heterocycles. The topological polar surface area (TPSA) is 103 Å². The first kappa shape index (κ1) is 32.2. The Kier molecular flexibility index (Phi) is 8.86. The Morgan fingerprint density at radius 1 is 0.935 bits per heavy atom. The number of aryl methyl sites for hydroxylation is 2. The summed E-state index contributed by atoms with van der Waals surface area (Å²) in [6.07, 6.45) is -4.10. The van der Waals surface area contributed by atoms with Crippen molar-refractivity contribution in [2.75, 3.05) is 0 Å². The number of nitrogens with zero attached hydrogens (tertiary/aromatic N) is 3. The van der Waals surface area contributed by atoms with E-state index in [1.165, 1.54) is 30.5 Å². The minimum Gasteiger partial charge on any atom is -0.366 e. The molecule has 2 heterocycles. The number of imidazole rings is 1. The third kappa shape index (κ3) is 7.03. The first-order valence-corrected chi connectivity index (χ1v) is 14.0. The van der Waals surface area contributed by atoms with Gasteiger partial charge in [0.25, 0.3) is 5.91 Å². The molecule has 0 aliphatic rings. The maximum absolute atomic E-state index is 14.3. The van der Waals surface area contributed by atoms with Gasteiger partial charge >= 0.3 is 6.18 Å². The highest BCUT2D eigenvalue weighted by Crippen LogP contribution is 2.34. The molecule has 5 aromatic rings. The summed E-state index contributed by atoms with van der Waals surface area (Å²) < 4.78 is 85.7. The third-order valence-electron chi connectivity index (χ3n) is 7.64. The summed E-state index contributed by atoms with van der Waals surface area (Å²) in [6, 6.07) is 9.54. The molecule has 0 radical (unpaired) electrons. The van der Waals surface area contributed by atoms with Crippen LogP contribution in [0.5, 0.6) is 0 Å². The molecule has 3 N–H and O–H groups in total. The number of aromatic nitrogens is 3. The van der Waals surface area contributed by atoms with E-state index < -0.39 is 59.5 Å². The number of pyridine rings is 1. The first-order valence-electron chi connectivity index (χ1n) is 14.0. The quantitative estimate of drug-likeness (QED) is 0.173. The Labute approximate surface area is 259 Å². The van der Waals surface area contributed by atoms with Gasteiger partial charge in [0.15, 0.2) is 0 Å². The summed E-state index contributed by atoms with van der Waals surface area (Å²) >= 11 is 0.